The third-order valence-corrected chi connectivity index (χ3v) is 5.03. The maximum Gasteiger partial charge on any atom is 0.335 e. The van der Waals surface area contributed by atoms with E-state index >= 15 is 0 Å². The molecule has 0 spiro atoms. The average molecular weight is 320 g/mol. The third kappa shape index (κ3) is 3.51. The Labute approximate surface area is 138 Å². The highest BCUT2D eigenvalue weighted by atomic mass is 16.5. The zero-order chi connectivity index (χ0) is 17.0. The lowest BCUT2D eigenvalue weighted by molar-refractivity contribution is -0.142. The van der Waals surface area contributed by atoms with Crippen molar-refractivity contribution in [3.63, 3.8) is 0 Å². The lowest BCUT2D eigenvalue weighted by Crippen LogP contribution is -2.22. The summed E-state index contributed by atoms with van der Waals surface area (Å²) >= 11 is 0. The Balaban J connectivity index is 2.19. The summed E-state index contributed by atoms with van der Waals surface area (Å²) in [5.41, 5.74) is 3.52. The van der Waals surface area contributed by atoms with Gasteiger partial charge >= 0.3 is 11.9 Å². The van der Waals surface area contributed by atoms with Crippen molar-refractivity contribution in [2.24, 2.45) is 11.8 Å². The van der Waals surface area contributed by atoms with Crippen LogP contribution in [0.25, 0.3) is 0 Å². The lowest BCUT2D eigenvalue weighted by Gasteiger charge is -2.20. The van der Waals surface area contributed by atoms with Gasteiger partial charge in [0.15, 0.2) is 0 Å². The van der Waals surface area contributed by atoms with Crippen molar-refractivity contribution in [3.8, 4) is 0 Å². The zero-order valence-electron chi connectivity index (χ0n) is 14.7. The second-order valence-corrected chi connectivity index (χ2v) is 6.51. The van der Waals surface area contributed by atoms with Gasteiger partial charge in [-0.3, -0.25) is 0 Å². The van der Waals surface area contributed by atoms with E-state index in [1.165, 1.54) is 11.1 Å². The van der Waals surface area contributed by atoms with E-state index in [2.05, 4.69) is 27.7 Å². The molecule has 0 radical (unpaired) electrons. The predicted octanol–water partition coefficient (Wildman–Crippen LogP) is 3.96. The fourth-order valence-electron chi connectivity index (χ4n) is 3.46. The van der Waals surface area contributed by atoms with Gasteiger partial charge in [0.05, 0.1) is 24.4 Å². The Morgan fingerprint density at radius 1 is 0.870 bits per heavy atom. The first kappa shape index (κ1) is 17.8. The number of rotatable bonds is 8. The van der Waals surface area contributed by atoms with Gasteiger partial charge in [-0.2, -0.15) is 0 Å². The molecule has 2 atom stereocenters. The largest absolute Gasteiger partial charge is 0.462 e. The molecule has 0 saturated carbocycles. The van der Waals surface area contributed by atoms with Crippen molar-refractivity contribution >= 4 is 11.9 Å². The number of carbonyl (C=O) groups is 2. The van der Waals surface area contributed by atoms with E-state index in [-0.39, 0.29) is 23.8 Å². The number of fused-ring (bicyclic) bond motifs is 2. The van der Waals surface area contributed by atoms with Gasteiger partial charge in [-0.25, -0.2) is 9.59 Å². The summed E-state index contributed by atoms with van der Waals surface area (Å²) in [4.78, 5) is 25.0. The smallest absolute Gasteiger partial charge is 0.335 e. The highest BCUT2D eigenvalue weighted by molar-refractivity contribution is 6.03. The summed E-state index contributed by atoms with van der Waals surface area (Å²) in [6.07, 6.45) is 4.45. The molecule has 2 bridgehead atoms. The molecule has 0 saturated heterocycles. The first-order valence-electron chi connectivity index (χ1n) is 8.78. The van der Waals surface area contributed by atoms with Gasteiger partial charge < -0.3 is 9.47 Å². The van der Waals surface area contributed by atoms with Crippen LogP contribution in [-0.2, 0) is 19.1 Å². The molecule has 0 aromatic heterocycles. The minimum atomic E-state index is -0.333. The van der Waals surface area contributed by atoms with Crippen molar-refractivity contribution in [2.75, 3.05) is 13.2 Å². The summed E-state index contributed by atoms with van der Waals surface area (Å²) in [6.45, 7) is 9.04. The Morgan fingerprint density at radius 3 is 1.61 bits per heavy atom. The van der Waals surface area contributed by atoms with Crippen LogP contribution in [0.4, 0.5) is 0 Å². The second kappa shape index (κ2) is 7.80. The lowest BCUT2D eigenvalue weighted by atomic mass is 9.87. The van der Waals surface area contributed by atoms with Crippen molar-refractivity contribution < 1.29 is 19.1 Å². The van der Waals surface area contributed by atoms with E-state index in [1.54, 1.807) is 0 Å². The molecule has 0 N–H and O–H groups in total. The first-order valence-corrected chi connectivity index (χ1v) is 8.78. The summed E-state index contributed by atoms with van der Waals surface area (Å²) in [5.74, 6) is -0.605. The average Bonchev–Trinajstić information content (AvgIpc) is 3.05. The van der Waals surface area contributed by atoms with Crippen molar-refractivity contribution in [1.29, 1.82) is 0 Å². The topological polar surface area (TPSA) is 52.6 Å². The molecular formula is C19H28O4. The molecule has 2 aliphatic rings. The van der Waals surface area contributed by atoms with Gasteiger partial charge in [0, 0.05) is 11.8 Å². The number of allylic oxidation sites excluding steroid dienone is 2. The number of hydrogen-bond acceptors (Lipinski definition) is 4. The van der Waals surface area contributed by atoms with Crippen LogP contribution in [0.15, 0.2) is 22.3 Å². The number of hydrogen-bond donors (Lipinski definition) is 0. The standard InChI is InChI=1S/C19H28O4/c1-5-7-9-22-18(20)16-14-11-15(13(4)12(14)3)17(16)19(21)23-10-8-6-2/h14-15H,5-11H2,1-4H3. The highest BCUT2D eigenvalue weighted by Gasteiger charge is 2.48. The number of carbonyl (C=O) groups excluding carboxylic acids is 2. The van der Waals surface area contributed by atoms with Gasteiger partial charge in [0.1, 0.15) is 0 Å². The van der Waals surface area contributed by atoms with Crippen LogP contribution in [0.2, 0.25) is 0 Å². The van der Waals surface area contributed by atoms with Gasteiger partial charge in [-0.15, -0.1) is 0 Å². The maximum atomic E-state index is 12.5. The van der Waals surface area contributed by atoms with Gasteiger partial charge in [-0.1, -0.05) is 37.8 Å². The molecule has 4 heteroatoms. The number of esters is 2. The van der Waals surface area contributed by atoms with Crippen LogP contribution in [0.5, 0.6) is 0 Å². The van der Waals surface area contributed by atoms with E-state index < -0.39 is 0 Å². The van der Waals surface area contributed by atoms with Gasteiger partial charge in [0.25, 0.3) is 0 Å². The molecule has 2 aliphatic carbocycles. The number of ether oxygens (including phenoxy) is 2. The molecule has 0 aromatic carbocycles. The molecule has 23 heavy (non-hydrogen) atoms. The summed E-state index contributed by atoms with van der Waals surface area (Å²) < 4.78 is 10.8. The van der Waals surface area contributed by atoms with E-state index in [9.17, 15) is 9.59 Å². The van der Waals surface area contributed by atoms with E-state index in [4.69, 9.17) is 9.47 Å². The molecule has 0 amide bonds. The Kier molecular flexibility index (Phi) is 6.03. The quantitative estimate of drug-likeness (QED) is 0.386. The monoisotopic (exact) mass is 320 g/mol. The maximum absolute atomic E-state index is 12.5. The highest BCUT2D eigenvalue weighted by Crippen LogP contribution is 2.52. The number of unbranched alkanes of at least 4 members (excludes halogenated alkanes) is 2. The first-order chi connectivity index (χ1) is 11.0. The van der Waals surface area contributed by atoms with Crippen molar-refractivity contribution in [1.82, 2.24) is 0 Å². The van der Waals surface area contributed by atoms with E-state index in [0.29, 0.717) is 24.4 Å². The summed E-state index contributed by atoms with van der Waals surface area (Å²) in [7, 11) is 0. The van der Waals surface area contributed by atoms with Crippen LogP contribution < -0.4 is 0 Å². The second-order valence-electron chi connectivity index (χ2n) is 6.51. The summed E-state index contributed by atoms with van der Waals surface area (Å²) in [5, 5.41) is 0. The van der Waals surface area contributed by atoms with Crippen LogP contribution in [0, 0.1) is 11.8 Å². The minimum Gasteiger partial charge on any atom is -0.462 e. The SMILES string of the molecule is CCCCOC(=O)C1=C(C(=O)OCCCC)C2CC1C(C)=C2C. The molecule has 0 heterocycles. The fraction of sp³-hybridized carbons (Fsp3) is 0.684. The molecule has 128 valence electrons. The van der Waals surface area contributed by atoms with Crippen LogP contribution in [0.1, 0.15) is 59.8 Å². The fourth-order valence-corrected chi connectivity index (χ4v) is 3.46. The molecule has 2 rings (SSSR count). The van der Waals surface area contributed by atoms with Crippen LogP contribution >= 0.6 is 0 Å². The molecule has 2 unspecified atom stereocenters. The minimum absolute atomic E-state index is 0.0304. The molecular weight excluding hydrogens is 292 g/mol. The van der Waals surface area contributed by atoms with Crippen molar-refractivity contribution in [3.05, 3.63) is 22.3 Å². The Hall–Kier alpha value is -1.58. The van der Waals surface area contributed by atoms with Gasteiger partial charge in [-0.05, 0) is 33.1 Å². The summed E-state index contributed by atoms with van der Waals surface area (Å²) in [6, 6.07) is 0. The predicted molar refractivity (Wildman–Crippen MR) is 88.7 cm³/mol. The Bertz CT molecular complexity index is 496. The molecule has 0 aromatic rings. The zero-order valence-corrected chi connectivity index (χ0v) is 14.7. The molecule has 0 aliphatic heterocycles. The van der Waals surface area contributed by atoms with Crippen LogP contribution in [-0.4, -0.2) is 25.2 Å². The van der Waals surface area contributed by atoms with E-state index in [0.717, 1.165) is 32.1 Å². The van der Waals surface area contributed by atoms with Crippen LogP contribution in [0.3, 0.4) is 0 Å². The normalized spacial score (nSPS) is 22.8. The molecule has 0 fully saturated rings. The van der Waals surface area contributed by atoms with Crippen molar-refractivity contribution in [2.45, 2.75) is 59.8 Å². The van der Waals surface area contributed by atoms with Gasteiger partial charge in [0.2, 0.25) is 0 Å². The van der Waals surface area contributed by atoms with E-state index in [1.807, 2.05) is 0 Å². The molecule has 4 nitrogen and oxygen atoms in total. The third-order valence-electron chi connectivity index (χ3n) is 5.03. The Morgan fingerprint density at radius 2 is 1.26 bits per heavy atom.